The Bertz CT molecular complexity index is 720. The molecule has 3 rings (SSSR count). The molecule has 0 fully saturated rings. The molecule has 0 aromatic heterocycles. The van der Waals surface area contributed by atoms with Crippen molar-refractivity contribution in [1.82, 2.24) is 0 Å². The number of hydrogen-bond acceptors (Lipinski definition) is 1. The van der Waals surface area contributed by atoms with Crippen molar-refractivity contribution in [3.63, 3.8) is 0 Å². The predicted octanol–water partition coefficient (Wildman–Crippen LogP) is 5.33. The van der Waals surface area contributed by atoms with E-state index in [9.17, 15) is 4.79 Å². The summed E-state index contributed by atoms with van der Waals surface area (Å²) >= 11 is 6.46. The van der Waals surface area contributed by atoms with Gasteiger partial charge in [0.1, 0.15) is 5.38 Å². The minimum atomic E-state index is -0.739. The lowest BCUT2D eigenvalue weighted by atomic mass is 10.1. The van der Waals surface area contributed by atoms with E-state index >= 15 is 0 Å². The van der Waals surface area contributed by atoms with Crippen molar-refractivity contribution >= 4 is 28.9 Å². The number of nitrogens with zero attached hydrogens (tertiary/aromatic N) is 1. The van der Waals surface area contributed by atoms with Crippen LogP contribution in [-0.4, -0.2) is 5.91 Å². The molecule has 0 saturated carbocycles. The Hall–Kier alpha value is -2.58. The first-order valence-electron chi connectivity index (χ1n) is 7.40. The third-order valence-corrected chi connectivity index (χ3v) is 4.00. The second kappa shape index (κ2) is 7.12. The van der Waals surface area contributed by atoms with Crippen molar-refractivity contribution in [2.45, 2.75) is 5.38 Å². The standard InChI is InChI=1S/C20H16ClNO/c21-19(16-10-4-1-5-11-16)20(23)22(17-12-6-2-7-13-17)18-14-8-3-9-15-18/h1-15,19H/t19-/m1/s1. The average molecular weight is 322 g/mol. The van der Waals surface area contributed by atoms with Crippen LogP contribution in [0.2, 0.25) is 0 Å². The summed E-state index contributed by atoms with van der Waals surface area (Å²) in [6.07, 6.45) is 0. The van der Waals surface area contributed by atoms with Crippen LogP contribution < -0.4 is 4.90 Å². The van der Waals surface area contributed by atoms with E-state index in [0.717, 1.165) is 16.9 Å². The number of carbonyl (C=O) groups excluding carboxylic acids is 1. The molecule has 3 heteroatoms. The van der Waals surface area contributed by atoms with Gasteiger partial charge >= 0.3 is 0 Å². The number of alkyl halides is 1. The minimum absolute atomic E-state index is 0.171. The van der Waals surface area contributed by atoms with Crippen LogP contribution in [0.5, 0.6) is 0 Å². The lowest BCUT2D eigenvalue weighted by molar-refractivity contribution is -0.117. The average Bonchev–Trinajstić information content (AvgIpc) is 2.64. The van der Waals surface area contributed by atoms with Crippen LogP contribution in [0.3, 0.4) is 0 Å². The molecule has 0 bridgehead atoms. The summed E-state index contributed by atoms with van der Waals surface area (Å²) in [6.45, 7) is 0. The van der Waals surface area contributed by atoms with Gasteiger partial charge in [-0.1, -0.05) is 66.7 Å². The summed E-state index contributed by atoms with van der Waals surface area (Å²) in [6, 6.07) is 28.5. The molecule has 23 heavy (non-hydrogen) atoms. The summed E-state index contributed by atoms with van der Waals surface area (Å²) in [7, 11) is 0. The van der Waals surface area contributed by atoms with Gasteiger partial charge in [0.2, 0.25) is 0 Å². The highest BCUT2D eigenvalue weighted by Crippen LogP contribution is 2.31. The van der Waals surface area contributed by atoms with Crippen molar-refractivity contribution in [2.24, 2.45) is 0 Å². The van der Waals surface area contributed by atoms with Gasteiger partial charge in [-0.3, -0.25) is 9.69 Å². The van der Waals surface area contributed by atoms with E-state index in [1.165, 1.54) is 0 Å². The molecule has 0 radical (unpaired) electrons. The topological polar surface area (TPSA) is 20.3 Å². The maximum absolute atomic E-state index is 13.0. The predicted molar refractivity (Wildman–Crippen MR) is 95.1 cm³/mol. The zero-order chi connectivity index (χ0) is 16.1. The molecule has 3 aromatic carbocycles. The molecule has 1 atom stereocenters. The maximum Gasteiger partial charge on any atom is 0.254 e. The van der Waals surface area contributed by atoms with Gasteiger partial charge in [0.25, 0.3) is 5.91 Å². The molecular formula is C20H16ClNO. The van der Waals surface area contributed by atoms with Crippen LogP contribution in [0, 0.1) is 0 Å². The Labute approximate surface area is 141 Å². The summed E-state index contributed by atoms with van der Waals surface area (Å²) in [5.74, 6) is -0.171. The first-order valence-corrected chi connectivity index (χ1v) is 7.84. The fraction of sp³-hybridized carbons (Fsp3) is 0.0500. The van der Waals surface area contributed by atoms with E-state index in [1.807, 2.05) is 91.0 Å². The second-order valence-corrected chi connectivity index (χ2v) is 5.55. The van der Waals surface area contributed by atoms with Crippen LogP contribution in [0.15, 0.2) is 91.0 Å². The quantitative estimate of drug-likeness (QED) is 0.595. The van der Waals surface area contributed by atoms with Crippen molar-refractivity contribution in [2.75, 3.05) is 4.90 Å². The molecule has 1 amide bonds. The number of rotatable bonds is 4. The molecule has 0 N–H and O–H groups in total. The van der Waals surface area contributed by atoms with Crippen LogP contribution >= 0.6 is 11.6 Å². The maximum atomic E-state index is 13.0. The fourth-order valence-electron chi connectivity index (χ4n) is 2.44. The Morgan fingerprint density at radius 2 is 1.09 bits per heavy atom. The Morgan fingerprint density at radius 3 is 1.52 bits per heavy atom. The van der Waals surface area contributed by atoms with Gasteiger partial charge in [-0.05, 0) is 29.8 Å². The number of anilines is 2. The molecule has 0 spiro atoms. The van der Waals surface area contributed by atoms with Crippen LogP contribution in [0.25, 0.3) is 0 Å². The summed E-state index contributed by atoms with van der Waals surface area (Å²) in [4.78, 5) is 14.7. The van der Waals surface area contributed by atoms with Gasteiger partial charge in [-0.2, -0.15) is 0 Å². The Morgan fingerprint density at radius 1 is 0.696 bits per heavy atom. The zero-order valence-corrected chi connectivity index (χ0v) is 13.2. The summed E-state index contributed by atoms with van der Waals surface area (Å²) in [5.41, 5.74) is 2.38. The van der Waals surface area contributed by atoms with Crippen molar-refractivity contribution < 1.29 is 4.79 Å². The number of halogens is 1. The van der Waals surface area contributed by atoms with Gasteiger partial charge in [0.15, 0.2) is 0 Å². The number of carbonyl (C=O) groups is 1. The molecule has 3 aromatic rings. The number of hydrogen-bond donors (Lipinski definition) is 0. The second-order valence-electron chi connectivity index (χ2n) is 5.12. The van der Waals surface area contributed by atoms with Gasteiger partial charge in [0, 0.05) is 11.4 Å². The largest absolute Gasteiger partial charge is 0.279 e. The van der Waals surface area contributed by atoms with E-state index in [4.69, 9.17) is 11.6 Å². The summed E-state index contributed by atoms with van der Waals surface area (Å²) < 4.78 is 0. The smallest absolute Gasteiger partial charge is 0.254 e. The number of benzene rings is 3. The molecule has 0 unspecified atom stereocenters. The van der Waals surface area contributed by atoms with E-state index in [2.05, 4.69) is 0 Å². The van der Waals surface area contributed by atoms with Crippen molar-refractivity contribution in [3.8, 4) is 0 Å². The van der Waals surface area contributed by atoms with Crippen molar-refractivity contribution in [1.29, 1.82) is 0 Å². The SMILES string of the molecule is O=C([C@H](Cl)c1ccccc1)N(c1ccccc1)c1ccccc1. The van der Waals surface area contributed by atoms with Gasteiger partial charge < -0.3 is 0 Å². The lowest BCUT2D eigenvalue weighted by Gasteiger charge is -2.25. The minimum Gasteiger partial charge on any atom is -0.279 e. The fourth-order valence-corrected chi connectivity index (χ4v) is 2.68. The third-order valence-electron chi connectivity index (χ3n) is 3.56. The van der Waals surface area contributed by atoms with Crippen LogP contribution in [0.1, 0.15) is 10.9 Å². The third kappa shape index (κ3) is 3.43. The first-order chi connectivity index (χ1) is 11.3. The molecule has 0 heterocycles. The highest BCUT2D eigenvalue weighted by Gasteiger charge is 2.26. The monoisotopic (exact) mass is 321 g/mol. The lowest BCUT2D eigenvalue weighted by Crippen LogP contribution is -2.29. The number of para-hydroxylation sites is 2. The van der Waals surface area contributed by atoms with Gasteiger partial charge in [-0.15, -0.1) is 11.6 Å². The molecule has 114 valence electrons. The van der Waals surface area contributed by atoms with E-state index in [-0.39, 0.29) is 5.91 Å². The van der Waals surface area contributed by atoms with E-state index < -0.39 is 5.38 Å². The van der Waals surface area contributed by atoms with Crippen LogP contribution in [0.4, 0.5) is 11.4 Å². The Balaban J connectivity index is 2.00. The van der Waals surface area contributed by atoms with Gasteiger partial charge in [-0.25, -0.2) is 0 Å². The van der Waals surface area contributed by atoms with E-state index in [0.29, 0.717) is 0 Å². The zero-order valence-electron chi connectivity index (χ0n) is 12.5. The van der Waals surface area contributed by atoms with Crippen molar-refractivity contribution in [3.05, 3.63) is 96.6 Å². The van der Waals surface area contributed by atoms with Gasteiger partial charge in [0.05, 0.1) is 0 Å². The normalized spacial score (nSPS) is 11.7. The molecular weight excluding hydrogens is 306 g/mol. The molecule has 0 aliphatic carbocycles. The number of amides is 1. The summed E-state index contributed by atoms with van der Waals surface area (Å²) in [5, 5.41) is -0.739. The van der Waals surface area contributed by atoms with E-state index in [1.54, 1.807) is 4.90 Å². The molecule has 0 aliphatic heterocycles. The van der Waals surface area contributed by atoms with Crippen LogP contribution in [-0.2, 0) is 4.79 Å². The molecule has 0 aliphatic rings. The molecule has 2 nitrogen and oxygen atoms in total. The highest BCUT2D eigenvalue weighted by molar-refractivity contribution is 6.33. The first kappa shape index (κ1) is 15.3. The Kier molecular flexibility index (Phi) is 4.74. The highest BCUT2D eigenvalue weighted by atomic mass is 35.5. The molecule has 0 saturated heterocycles.